The number of pyridine rings is 1. The van der Waals surface area contributed by atoms with Gasteiger partial charge in [-0.2, -0.15) is 0 Å². The van der Waals surface area contributed by atoms with E-state index in [1.165, 1.54) is 28.4 Å². The fourth-order valence-electron chi connectivity index (χ4n) is 3.66. The first-order valence-corrected chi connectivity index (χ1v) is 12.1. The van der Waals surface area contributed by atoms with Gasteiger partial charge in [-0.25, -0.2) is 9.97 Å². The standard InChI is InChI=1S/C21H23ClN4O2S2/c1-4-26-20(28)17-14-7-5-11(2)9-15(14)30-19(17)25-21(26)29-12(3)18(27)24-16-8-6-13(22)10-23-16/h6,8,10-12H,4-5,7,9H2,1-3H3,(H,23,24,27). The number of carbonyl (C=O) groups excluding carboxylic acids is 1. The molecule has 4 rings (SSSR count). The summed E-state index contributed by atoms with van der Waals surface area (Å²) in [7, 11) is 0. The highest BCUT2D eigenvalue weighted by Crippen LogP contribution is 2.37. The van der Waals surface area contributed by atoms with Crippen LogP contribution in [0.1, 0.15) is 37.6 Å². The van der Waals surface area contributed by atoms with E-state index in [-0.39, 0.29) is 11.5 Å². The molecular weight excluding hydrogens is 440 g/mol. The second kappa shape index (κ2) is 8.69. The average molecular weight is 463 g/mol. The molecule has 30 heavy (non-hydrogen) atoms. The third-order valence-corrected chi connectivity index (χ3v) is 7.79. The number of aromatic nitrogens is 3. The number of hydrogen-bond donors (Lipinski definition) is 1. The van der Waals surface area contributed by atoms with Gasteiger partial charge < -0.3 is 5.32 Å². The monoisotopic (exact) mass is 462 g/mol. The van der Waals surface area contributed by atoms with Gasteiger partial charge in [0.2, 0.25) is 5.91 Å². The van der Waals surface area contributed by atoms with Gasteiger partial charge in [-0.3, -0.25) is 14.2 Å². The summed E-state index contributed by atoms with van der Waals surface area (Å²) in [5.41, 5.74) is 1.19. The van der Waals surface area contributed by atoms with Crippen molar-refractivity contribution in [1.82, 2.24) is 14.5 Å². The minimum Gasteiger partial charge on any atom is -0.310 e. The van der Waals surface area contributed by atoms with E-state index in [2.05, 4.69) is 17.2 Å². The Morgan fingerprint density at radius 2 is 2.27 bits per heavy atom. The second-order valence-electron chi connectivity index (χ2n) is 7.59. The van der Waals surface area contributed by atoms with Crippen LogP contribution in [0.25, 0.3) is 10.2 Å². The van der Waals surface area contributed by atoms with Gasteiger partial charge in [0.15, 0.2) is 5.16 Å². The molecular formula is C21H23ClN4O2S2. The number of hydrogen-bond acceptors (Lipinski definition) is 6. The van der Waals surface area contributed by atoms with Crippen molar-refractivity contribution >= 4 is 56.6 Å². The predicted molar refractivity (Wildman–Crippen MR) is 124 cm³/mol. The lowest BCUT2D eigenvalue weighted by Gasteiger charge is -2.18. The van der Waals surface area contributed by atoms with E-state index >= 15 is 0 Å². The van der Waals surface area contributed by atoms with Gasteiger partial charge in [0.05, 0.1) is 15.7 Å². The van der Waals surface area contributed by atoms with Crippen LogP contribution in [0.2, 0.25) is 5.02 Å². The summed E-state index contributed by atoms with van der Waals surface area (Å²) < 4.78 is 1.68. The molecule has 1 aliphatic carbocycles. The fourth-order valence-corrected chi connectivity index (χ4v) is 6.17. The fraction of sp³-hybridized carbons (Fsp3) is 0.429. The summed E-state index contributed by atoms with van der Waals surface area (Å²) >= 11 is 8.76. The van der Waals surface area contributed by atoms with E-state index in [1.54, 1.807) is 35.0 Å². The number of nitrogens with one attached hydrogen (secondary N) is 1. The number of fused-ring (bicyclic) bond motifs is 3. The quantitative estimate of drug-likeness (QED) is 0.436. The van der Waals surface area contributed by atoms with Crippen molar-refractivity contribution in [2.24, 2.45) is 5.92 Å². The van der Waals surface area contributed by atoms with E-state index in [1.807, 2.05) is 6.92 Å². The smallest absolute Gasteiger partial charge is 0.263 e. The van der Waals surface area contributed by atoms with Crippen molar-refractivity contribution in [3.8, 4) is 0 Å². The Balaban J connectivity index is 1.62. The van der Waals surface area contributed by atoms with Gasteiger partial charge in [0.1, 0.15) is 10.6 Å². The molecule has 1 aliphatic rings. The van der Waals surface area contributed by atoms with Crippen molar-refractivity contribution in [2.75, 3.05) is 5.32 Å². The van der Waals surface area contributed by atoms with Crippen molar-refractivity contribution in [1.29, 1.82) is 0 Å². The number of aryl methyl sites for hydroxylation is 1. The van der Waals surface area contributed by atoms with Crippen LogP contribution in [0, 0.1) is 5.92 Å². The van der Waals surface area contributed by atoms with Crippen molar-refractivity contribution in [3.05, 3.63) is 44.1 Å². The Kier molecular flexibility index (Phi) is 6.18. The predicted octanol–water partition coefficient (Wildman–Crippen LogP) is 4.77. The number of thiophene rings is 1. The summed E-state index contributed by atoms with van der Waals surface area (Å²) in [6.45, 7) is 6.50. The third-order valence-electron chi connectivity index (χ3n) is 5.33. The summed E-state index contributed by atoms with van der Waals surface area (Å²) in [5, 5.41) is 4.19. The number of anilines is 1. The van der Waals surface area contributed by atoms with E-state index < -0.39 is 5.25 Å². The Bertz CT molecular complexity index is 1160. The van der Waals surface area contributed by atoms with Gasteiger partial charge in [0.25, 0.3) is 5.56 Å². The number of amides is 1. The molecule has 0 saturated heterocycles. The Hall–Kier alpha value is -1.90. The van der Waals surface area contributed by atoms with Crippen molar-refractivity contribution in [2.45, 2.75) is 57.0 Å². The van der Waals surface area contributed by atoms with Crippen LogP contribution < -0.4 is 10.9 Å². The Labute approximate surface area is 188 Å². The first kappa shape index (κ1) is 21.3. The summed E-state index contributed by atoms with van der Waals surface area (Å²) in [6.07, 6.45) is 4.54. The summed E-state index contributed by atoms with van der Waals surface area (Å²) in [6, 6.07) is 3.33. The molecule has 0 bridgehead atoms. The maximum Gasteiger partial charge on any atom is 0.263 e. The second-order valence-corrected chi connectivity index (χ2v) is 10.4. The van der Waals surface area contributed by atoms with Crippen LogP contribution in [0.15, 0.2) is 28.3 Å². The van der Waals surface area contributed by atoms with Gasteiger partial charge in [-0.05, 0) is 56.7 Å². The molecule has 3 aromatic rings. The molecule has 3 heterocycles. The molecule has 158 valence electrons. The zero-order valence-corrected chi connectivity index (χ0v) is 19.5. The lowest BCUT2D eigenvalue weighted by molar-refractivity contribution is -0.115. The van der Waals surface area contributed by atoms with E-state index in [0.717, 1.165) is 29.5 Å². The molecule has 9 heteroatoms. The maximum absolute atomic E-state index is 13.3. The number of rotatable bonds is 5. The van der Waals surface area contributed by atoms with Crippen LogP contribution in [0.4, 0.5) is 5.82 Å². The van der Waals surface area contributed by atoms with Gasteiger partial charge in [-0.15, -0.1) is 11.3 Å². The van der Waals surface area contributed by atoms with Crippen molar-refractivity contribution in [3.63, 3.8) is 0 Å². The molecule has 3 aromatic heterocycles. The highest BCUT2D eigenvalue weighted by Gasteiger charge is 2.26. The molecule has 1 N–H and O–H groups in total. The average Bonchev–Trinajstić information content (AvgIpc) is 3.07. The molecule has 1 amide bonds. The lowest BCUT2D eigenvalue weighted by Crippen LogP contribution is -2.27. The van der Waals surface area contributed by atoms with Crippen LogP contribution in [0.5, 0.6) is 0 Å². The minimum atomic E-state index is -0.445. The highest BCUT2D eigenvalue weighted by molar-refractivity contribution is 8.00. The van der Waals surface area contributed by atoms with Crippen LogP contribution in [-0.4, -0.2) is 25.7 Å². The first-order valence-electron chi connectivity index (χ1n) is 10.0. The highest BCUT2D eigenvalue weighted by atomic mass is 35.5. The zero-order chi connectivity index (χ0) is 21.4. The maximum atomic E-state index is 13.3. The Morgan fingerprint density at radius 1 is 1.47 bits per heavy atom. The summed E-state index contributed by atoms with van der Waals surface area (Å²) in [4.78, 5) is 36.9. The topological polar surface area (TPSA) is 76.9 Å². The van der Waals surface area contributed by atoms with Crippen LogP contribution in [0.3, 0.4) is 0 Å². The molecule has 0 spiro atoms. The molecule has 0 aliphatic heterocycles. The number of halogens is 1. The van der Waals surface area contributed by atoms with E-state index in [0.29, 0.717) is 28.5 Å². The zero-order valence-electron chi connectivity index (χ0n) is 17.1. The van der Waals surface area contributed by atoms with Gasteiger partial charge >= 0.3 is 0 Å². The van der Waals surface area contributed by atoms with Gasteiger partial charge in [-0.1, -0.05) is 30.3 Å². The Morgan fingerprint density at radius 3 is 2.97 bits per heavy atom. The largest absolute Gasteiger partial charge is 0.310 e. The molecule has 0 fully saturated rings. The lowest BCUT2D eigenvalue weighted by atomic mass is 9.89. The first-order chi connectivity index (χ1) is 14.4. The minimum absolute atomic E-state index is 0.00373. The molecule has 6 nitrogen and oxygen atoms in total. The molecule has 0 radical (unpaired) electrons. The van der Waals surface area contributed by atoms with E-state index in [4.69, 9.17) is 16.6 Å². The summed E-state index contributed by atoms with van der Waals surface area (Å²) in [5.74, 6) is 0.873. The van der Waals surface area contributed by atoms with E-state index in [9.17, 15) is 9.59 Å². The third kappa shape index (κ3) is 4.13. The molecule has 0 aromatic carbocycles. The normalized spacial score (nSPS) is 17.0. The van der Waals surface area contributed by atoms with Crippen molar-refractivity contribution < 1.29 is 4.79 Å². The number of nitrogens with zero attached hydrogens (tertiary/aromatic N) is 3. The van der Waals surface area contributed by atoms with Crippen LogP contribution >= 0.6 is 34.7 Å². The SMILES string of the molecule is CCn1c(SC(C)C(=O)Nc2ccc(Cl)cn2)nc2sc3c(c2c1=O)CCC(C)C3. The number of carbonyl (C=O) groups is 1. The van der Waals surface area contributed by atoms with Crippen LogP contribution in [-0.2, 0) is 24.2 Å². The number of thioether (sulfide) groups is 1. The molecule has 2 unspecified atom stereocenters. The molecule has 2 atom stereocenters. The molecule has 0 saturated carbocycles. The van der Waals surface area contributed by atoms with Gasteiger partial charge in [0, 0.05) is 17.6 Å².